The Morgan fingerprint density at radius 1 is 1.50 bits per heavy atom. The van der Waals surface area contributed by atoms with Crippen molar-refractivity contribution in [3.8, 4) is 0 Å². The number of furan rings is 1. The number of nitrogens with zero attached hydrogens (tertiary/aromatic N) is 2. The maximum atomic E-state index is 10.7. The van der Waals surface area contributed by atoms with E-state index in [1.807, 2.05) is 12.1 Å². The van der Waals surface area contributed by atoms with Gasteiger partial charge >= 0.3 is 5.97 Å². The van der Waals surface area contributed by atoms with Gasteiger partial charge in [-0.15, -0.1) is 0 Å². The highest BCUT2D eigenvalue weighted by Crippen LogP contribution is 2.30. The van der Waals surface area contributed by atoms with E-state index >= 15 is 0 Å². The van der Waals surface area contributed by atoms with Gasteiger partial charge in [0.1, 0.15) is 11.4 Å². The molecule has 3 rings (SSSR count). The summed E-state index contributed by atoms with van der Waals surface area (Å²) < 4.78 is 5.41. The number of rotatable bonds is 4. The molecule has 1 unspecified atom stereocenters. The van der Waals surface area contributed by atoms with Gasteiger partial charge in [-0.05, 0) is 37.3 Å². The molecule has 1 saturated heterocycles. The average Bonchev–Trinajstić information content (AvgIpc) is 2.93. The second-order valence-electron chi connectivity index (χ2n) is 5.35. The van der Waals surface area contributed by atoms with E-state index in [0.29, 0.717) is 5.92 Å². The largest absolute Gasteiger partial charge is 0.481 e. The molecule has 0 bridgehead atoms. The molecule has 1 atom stereocenters. The van der Waals surface area contributed by atoms with E-state index < -0.39 is 5.97 Å². The van der Waals surface area contributed by atoms with E-state index in [0.717, 1.165) is 49.1 Å². The molecule has 1 N–H and O–H groups in total. The Morgan fingerprint density at radius 2 is 2.40 bits per heavy atom. The van der Waals surface area contributed by atoms with E-state index in [-0.39, 0.29) is 6.42 Å². The van der Waals surface area contributed by atoms with Crippen LogP contribution in [0.1, 0.15) is 25.7 Å². The molecule has 0 spiro atoms. The zero-order valence-electron chi connectivity index (χ0n) is 11.3. The Balaban J connectivity index is 1.76. The SMILES string of the molecule is O=C(O)CCC1CCCN(c2nccc3occc23)C1. The summed E-state index contributed by atoms with van der Waals surface area (Å²) in [6, 6.07) is 3.81. The number of hydrogen-bond acceptors (Lipinski definition) is 4. The Morgan fingerprint density at radius 3 is 3.25 bits per heavy atom. The summed E-state index contributed by atoms with van der Waals surface area (Å²) in [6.45, 7) is 1.85. The van der Waals surface area contributed by atoms with Crippen molar-refractivity contribution in [2.45, 2.75) is 25.7 Å². The fourth-order valence-corrected chi connectivity index (χ4v) is 2.95. The first-order valence-corrected chi connectivity index (χ1v) is 7.03. The lowest BCUT2D eigenvalue weighted by Crippen LogP contribution is -2.36. The molecular formula is C15H18N2O3. The topological polar surface area (TPSA) is 66.6 Å². The number of anilines is 1. The lowest BCUT2D eigenvalue weighted by molar-refractivity contribution is -0.137. The standard InChI is InChI=1S/C15H18N2O3/c18-14(19)4-3-11-2-1-8-17(10-11)15-12-6-9-20-13(12)5-7-16-15/h5-7,9,11H,1-4,8,10H2,(H,18,19). The lowest BCUT2D eigenvalue weighted by Gasteiger charge is -2.33. The van der Waals surface area contributed by atoms with Gasteiger partial charge in [-0.25, -0.2) is 4.98 Å². The fraction of sp³-hybridized carbons (Fsp3) is 0.467. The quantitative estimate of drug-likeness (QED) is 0.928. The highest BCUT2D eigenvalue weighted by atomic mass is 16.4. The Bertz CT molecular complexity index is 608. The predicted molar refractivity (Wildman–Crippen MR) is 75.8 cm³/mol. The highest BCUT2D eigenvalue weighted by Gasteiger charge is 2.23. The molecule has 106 valence electrons. The minimum Gasteiger partial charge on any atom is -0.481 e. The van der Waals surface area contributed by atoms with Crippen molar-refractivity contribution < 1.29 is 14.3 Å². The fourth-order valence-electron chi connectivity index (χ4n) is 2.95. The molecule has 0 saturated carbocycles. The van der Waals surface area contributed by atoms with Crippen LogP contribution in [0.25, 0.3) is 11.0 Å². The minimum absolute atomic E-state index is 0.252. The van der Waals surface area contributed by atoms with E-state index in [4.69, 9.17) is 9.52 Å². The molecule has 3 heterocycles. The zero-order valence-corrected chi connectivity index (χ0v) is 11.3. The summed E-state index contributed by atoms with van der Waals surface area (Å²) in [5.74, 6) is 0.678. The van der Waals surface area contributed by atoms with Crippen molar-refractivity contribution in [2.24, 2.45) is 5.92 Å². The summed E-state index contributed by atoms with van der Waals surface area (Å²) in [5, 5.41) is 9.84. The number of aliphatic carboxylic acids is 1. The third kappa shape index (κ3) is 2.61. The molecule has 20 heavy (non-hydrogen) atoms. The number of piperidine rings is 1. The van der Waals surface area contributed by atoms with Crippen molar-refractivity contribution in [3.63, 3.8) is 0 Å². The second-order valence-corrected chi connectivity index (χ2v) is 5.35. The monoisotopic (exact) mass is 274 g/mol. The van der Waals surface area contributed by atoms with E-state index in [9.17, 15) is 4.79 Å². The number of hydrogen-bond donors (Lipinski definition) is 1. The molecule has 0 aliphatic carbocycles. The van der Waals surface area contributed by atoms with Crippen LogP contribution in [0.5, 0.6) is 0 Å². The van der Waals surface area contributed by atoms with Gasteiger partial charge in [-0.2, -0.15) is 0 Å². The van der Waals surface area contributed by atoms with Gasteiger partial charge in [0, 0.05) is 25.7 Å². The summed E-state index contributed by atoms with van der Waals surface area (Å²) in [6.07, 6.45) is 6.63. The summed E-state index contributed by atoms with van der Waals surface area (Å²) >= 11 is 0. The number of pyridine rings is 1. The van der Waals surface area contributed by atoms with Crippen LogP contribution in [0, 0.1) is 5.92 Å². The number of carboxylic acids is 1. The van der Waals surface area contributed by atoms with Gasteiger partial charge < -0.3 is 14.4 Å². The zero-order chi connectivity index (χ0) is 13.9. The molecule has 0 radical (unpaired) electrons. The van der Waals surface area contributed by atoms with E-state index in [2.05, 4.69) is 9.88 Å². The normalized spacial score (nSPS) is 19.4. The number of aromatic nitrogens is 1. The molecule has 0 amide bonds. The van der Waals surface area contributed by atoms with Gasteiger partial charge in [0.15, 0.2) is 0 Å². The molecule has 1 aliphatic heterocycles. The van der Waals surface area contributed by atoms with Crippen LogP contribution in [0.15, 0.2) is 29.0 Å². The maximum absolute atomic E-state index is 10.7. The summed E-state index contributed by atoms with van der Waals surface area (Å²) in [7, 11) is 0. The lowest BCUT2D eigenvalue weighted by atomic mass is 9.93. The minimum atomic E-state index is -0.711. The molecular weight excluding hydrogens is 256 g/mol. The molecule has 5 heteroatoms. The first-order valence-electron chi connectivity index (χ1n) is 7.03. The van der Waals surface area contributed by atoms with Crippen molar-refractivity contribution >= 4 is 22.8 Å². The smallest absolute Gasteiger partial charge is 0.303 e. The van der Waals surface area contributed by atoms with Crippen LogP contribution in [0.4, 0.5) is 5.82 Å². The van der Waals surface area contributed by atoms with Gasteiger partial charge in [0.2, 0.25) is 0 Å². The van der Waals surface area contributed by atoms with Crippen LogP contribution in [-0.4, -0.2) is 29.1 Å². The van der Waals surface area contributed by atoms with Gasteiger partial charge in [-0.3, -0.25) is 4.79 Å². The Labute approximate surface area is 117 Å². The molecule has 2 aromatic rings. The first-order chi connectivity index (χ1) is 9.74. The second kappa shape index (κ2) is 5.53. The van der Waals surface area contributed by atoms with Crippen molar-refractivity contribution in [2.75, 3.05) is 18.0 Å². The van der Waals surface area contributed by atoms with Crippen LogP contribution < -0.4 is 4.90 Å². The van der Waals surface area contributed by atoms with Gasteiger partial charge in [0.25, 0.3) is 0 Å². The number of carboxylic acid groups (broad SMARTS) is 1. The predicted octanol–water partition coefficient (Wildman–Crippen LogP) is 2.91. The highest BCUT2D eigenvalue weighted by molar-refractivity contribution is 5.88. The van der Waals surface area contributed by atoms with Crippen molar-refractivity contribution in [1.29, 1.82) is 0 Å². The molecule has 5 nitrogen and oxygen atoms in total. The van der Waals surface area contributed by atoms with Crippen molar-refractivity contribution in [1.82, 2.24) is 4.98 Å². The number of carbonyl (C=O) groups is 1. The molecule has 1 aliphatic rings. The Kier molecular flexibility index (Phi) is 3.58. The summed E-state index contributed by atoms with van der Waals surface area (Å²) in [5.41, 5.74) is 0.850. The average molecular weight is 274 g/mol. The van der Waals surface area contributed by atoms with E-state index in [1.165, 1.54) is 0 Å². The molecule has 1 fully saturated rings. The van der Waals surface area contributed by atoms with Crippen LogP contribution in [0.2, 0.25) is 0 Å². The first kappa shape index (κ1) is 13.0. The van der Waals surface area contributed by atoms with Crippen LogP contribution in [-0.2, 0) is 4.79 Å². The van der Waals surface area contributed by atoms with Crippen molar-refractivity contribution in [3.05, 3.63) is 24.6 Å². The summed E-state index contributed by atoms with van der Waals surface area (Å²) in [4.78, 5) is 17.4. The third-order valence-corrected chi connectivity index (χ3v) is 3.94. The molecule has 0 aromatic carbocycles. The van der Waals surface area contributed by atoms with E-state index in [1.54, 1.807) is 12.5 Å². The van der Waals surface area contributed by atoms with Crippen LogP contribution in [0.3, 0.4) is 0 Å². The number of fused-ring (bicyclic) bond motifs is 1. The van der Waals surface area contributed by atoms with Gasteiger partial charge in [0.05, 0.1) is 11.6 Å². The Hall–Kier alpha value is -2.04. The maximum Gasteiger partial charge on any atom is 0.303 e. The third-order valence-electron chi connectivity index (χ3n) is 3.94. The molecule has 2 aromatic heterocycles. The van der Waals surface area contributed by atoms with Crippen LogP contribution >= 0.6 is 0 Å². The van der Waals surface area contributed by atoms with Gasteiger partial charge in [-0.1, -0.05) is 0 Å².